The molecule has 25 heavy (non-hydrogen) atoms. The highest BCUT2D eigenvalue weighted by Gasteiger charge is 2.32. The first-order chi connectivity index (χ1) is 12.1. The van der Waals surface area contributed by atoms with Crippen LogP contribution in [-0.2, 0) is 4.74 Å². The number of aromatic nitrogens is 1. The summed E-state index contributed by atoms with van der Waals surface area (Å²) in [6.45, 7) is 3.32. The van der Waals surface area contributed by atoms with Gasteiger partial charge in [-0.25, -0.2) is 9.78 Å². The van der Waals surface area contributed by atoms with Gasteiger partial charge in [0.05, 0.1) is 30.5 Å². The van der Waals surface area contributed by atoms with E-state index in [9.17, 15) is 4.79 Å². The third-order valence-corrected chi connectivity index (χ3v) is 5.35. The molecule has 4 rings (SSSR count). The van der Waals surface area contributed by atoms with Crippen LogP contribution in [0.2, 0.25) is 0 Å². The molecule has 0 radical (unpaired) electrons. The molecule has 1 fully saturated rings. The lowest BCUT2D eigenvalue weighted by atomic mass is 10.1. The van der Waals surface area contributed by atoms with E-state index in [0.717, 1.165) is 26.7 Å². The minimum atomic E-state index is -0.268. The fourth-order valence-electron chi connectivity index (χ4n) is 2.79. The molecule has 0 atom stereocenters. The highest BCUT2D eigenvalue weighted by molar-refractivity contribution is 7.22. The van der Waals surface area contributed by atoms with Crippen LogP contribution < -0.4 is 9.64 Å². The number of esters is 1. The van der Waals surface area contributed by atoms with E-state index in [1.165, 1.54) is 0 Å². The van der Waals surface area contributed by atoms with Crippen molar-refractivity contribution in [1.29, 1.82) is 0 Å². The summed E-state index contributed by atoms with van der Waals surface area (Å²) < 4.78 is 12.0. The maximum Gasteiger partial charge on any atom is 0.338 e. The van der Waals surface area contributed by atoms with Crippen LogP contribution in [0.15, 0.2) is 42.5 Å². The minimum absolute atomic E-state index is 0.0947. The number of methoxy groups -OCH3 is 1. The molecule has 1 aromatic heterocycles. The molecule has 0 saturated carbocycles. The molecule has 0 spiro atoms. The number of fused-ring (bicyclic) bond motifs is 1. The SMILES string of the molecule is COc1cccc2sc(N3CC(OC(=O)c4ccc(C)cc4)C3)nc12. The van der Waals surface area contributed by atoms with E-state index >= 15 is 0 Å². The highest BCUT2D eigenvalue weighted by Crippen LogP contribution is 2.36. The molecule has 0 amide bonds. The van der Waals surface area contributed by atoms with Gasteiger partial charge in [0.25, 0.3) is 0 Å². The van der Waals surface area contributed by atoms with Crippen molar-refractivity contribution in [3.63, 3.8) is 0 Å². The summed E-state index contributed by atoms with van der Waals surface area (Å²) >= 11 is 1.62. The van der Waals surface area contributed by atoms with Crippen LogP contribution in [-0.4, -0.2) is 37.3 Å². The molecule has 2 aromatic carbocycles. The fraction of sp³-hybridized carbons (Fsp3) is 0.263. The first-order valence-corrected chi connectivity index (χ1v) is 8.92. The van der Waals surface area contributed by atoms with Gasteiger partial charge in [0.15, 0.2) is 5.13 Å². The Morgan fingerprint density at radius 2 is 1.96 bits per heavy atom. The third-order valence-electron chi connectivity index (χ3n) is 4.27. The molecule has 1 aliphatic rings. The van der Waals surface area contributed by atoms with E-state index in [-0.39, 0.29) is 12.1 Å². The maximum atomic E-state index is 12.2. The van der Waals surface area contributed by atoms with E-state index < -0.39 is 0 Å². The lowest BCUT2D eigenvalue weighted by molar-refractivity contribution is 0.0234. The van der Waals surface area contributed by atoms with Gasteiger partial charge in [-0.05, 0) is 31.2 Å². The molecule has 1 aliphatic heterocycles. The molecule has 0 bridgehead atoms. The Balaban J connectivity index is 1.40. The summed E-state index contributed by atoms with van der Waals surface area (Å²) in [5, 5.41) is 0.933. The standard InChI is InChI=1S/C19H18N2O3S/c1-12-6-8-13(9-7-12)18(22)24-14-10-21(11-14)19-20-17-15(23-2)4-3-5-16(17)25-19/h3-9,14H,10-11H2,1-2H3. The van der Waals surface area contributed by atoms with Crippen molar-refractivity contribution in [3.8, 4) is 5.75 Å². The Kier molecular flexibility index (Phi) is 4.05. The molecule has 0 aliphatic carbocycles. The molecular weight excluding hydrogens is 336 g/mol. The van der Waals surface area contributed by atoms with Crippen molar-refractivity contribution in [2.24, 2.45) is 0 Å². The molecule has 0 N–H and O–H groups in total. The van der Waals surface area contributed by atoms with Gasteiger partial charge in [-0.2, -0.15) is 0 Å². The van der Waals surface area contributed by atoms with Gasteiger partial charge in [-0.15, -0.1) is 0 Å². The quantitative estimate of drug-likeness (QED) is 0.669. The van der Waals surface area contributed by atoms with Gasteiger partial charge in [0.1, 0.15) is 17.4 Å². The van der Waals surface area contributed by atoms with Gasteiger partial charge >= 0.3 is 5.97 Å². The van der Waals surface area contributed by atoms with Crippen molar-refractivity contribution < 1.29 is 14.3 Å². The zero-order valence-corrected chi connectivity index (χ0v) is 14.9. The molecule has 6 heteroatoms. The largest absolute Gasteiger partial charge is 0.494 e. The summed E-state index contributed by atoms with van der Waals surface area (Å²) in [5.74, 6) is 0.512. The van der Waals surface area contributed by atoms with Crippen molar-refractivity contribution in [1.82, 2.24) is 4.98 Å². The summed E-state index contributed by atoms with van der Waals surface area (Å²) in [7, 11) is 1.65. The van der Waals surface area contributed by atoms with Crippen LogP contribution in [0.25, 0.3) is 10.2 Å². The van der Waals surface area contributed by atoms with Gasteiger partial charge in [-0.3, -0.25) is 0 Å². The zero-order chi connectivity index (χ0) is 17.4. The van der Waals surface area contributed by atoms with Gasteiger partial charge in [-0.1, -0.05) is 35.1 Å². The van der Waals surface area contributed by atoms with Crippen LogP contribution in [0.5, 0.6) is 5.75 Å². The Labute approximate surface area is 149 Å². The monoisotopic (exact) mass is 354 g/mol. The normalized spacial score (nSPS) is 14.4. The lowest BCUT2D eigenvalue weighted by Crippen LogP contribution is -2.53. The van der Waals surface area contributed by atoms with Crippen LogP contribution >= 0.6 is 11.3 Å². The van der Waals surface area contributed by atoms with Crippen LogP contribution in [0, 0.1) is 6.92 Å². The van der Waals surface area contributed by atoms with E-state index in [1.54, 1.807) is 30.6 Å². The predicted molar refractivity (Wildman–Crippen MR) is 98.8 cm³/mol. The van der Waals surface area contributed by atoms with Crippen molar-refractivity contribution >= 4 is 32.7 Å². The maximum absolute atomic E-state index is 12.2. The Morgan fingerprint density at radius 3 is 2.68 bits per heavy atom. The number of benzene rings is 2. The second-order valence-corrected chi connectivity index (χ2v) is 7.11. The summed E-state index contributed by atoms with van der Waals surface area (Å²) in [4.78, 5) is 18.9. The summed E-state index contributed by atoms with van der Waals surface area (Å²) in [6, 6.07) is 13.3. The van der Waals surface area contributed by atoms with Crippen LogP contribution in [0.4, 0.5) is 5.13 Å². The number of para-hydroxylation sites is 1. The Hall–Kier alpha value is -2.60. The lowest BCUT2D eigenvalue weighted by Gasteiger charge is -2.38. The number of hydrogen-bond acceptors (Lipinski definition) is 6. The topological polar surface area (TPSA) is 51.7 Å². The van der Waals surface area contributed by atoms with E-state index in [4.69, 9.17) is 9.47 Å². The number of hydrogen-bond donors (Lipinski definition) is 0. The first kappa shape index (κ1) is 15.9. The third kappa shape index (κ3) is 3.05. The minimum Gasteiger partial charge on any atom is -0.494 e. The van der Waals surface area contributed by atoms with Crippen molar-refractivity contribution in [3.05, 3.63) is 53.6 Å². The van der Waals surface area contributed by atoms with E-state index in [1.807, 2.05) is 37.3 Å². The number of rotatable bonds is 4. The summed E-state index contributed by atoms with van der Waals surface area (Å²) in [6.07, 6.45) is -0.0947. The number of carbonyl (C=O) groups is 1. The highest BCUT2D eigenvalue weighted by atomic mass is 32.1. The Bertz CT molecular complexity index is 914. The number of ether oxygens (including phenoxy) is 2. The van der Waals surface area contributed by atoms with Crippen LogP contribution in [0.3, 0.4) is 0 Å². The molecule has 128 valence electrons. The second kappa shape index (κ2) is 6.37. The number of anilines is 1. The van der Waals surface area contributed by atoms with E-state index in [2.05, 4.69) is 9.88 Å². The first-order valence-electron chi connectivity index (χ1n) is 8.10. The number of thiazole rings is 1. The second-order valence-electron chi connectivity index (χ2n) is 6.10. The van der Waals surface area contributed by atoms with Crippen molar-refractivity contribution in [2.75, 3.05) is 25.1 Å². The molecular formula is C19H18N2O3S. The van der Waals surface area contributed by atoms with Gasteiger partial charge in [0.2, 0.25) is 0 Å². The summed E-state index contributed by atoms with van der Waals surface area (Å²) in [5.41, 5.74) is 2.59. The molecule has 2 heterocycles. The molecule has 5 nitrogen and oxygen atoms in total. The molecule has 0 unspecified atom stereocenters. The average Bonchev–Trinajstić information content (AvgIpc) is 3.01. The van der Waals surface area contributed by atoms with Gasteiger partial charge in [0, 0.05) is 0 Å². The zero-order valence-electron chi connectivity index (χ0n) is 14.1. The van der Waals surface area contributed by atoms with E-state index in [0.29, 0.717) is 18.7 Å². The Morgan fingerprint density at radius 1 is 1.20 bits per heavy atom. The fourth-order valence-corrected chi connectivity index (χ4v) is 3.79. The average molecular weight is 354 g/mol. The van der Waals surface area contributed by atoms with Crippen molar-refractivity contribution in [2.45, 2.75) is 13.0 Å². The molecule has 3 aromatic rings. The number of aryl methyl sites for hydroxylation is 1. The number of nitrogens with zero attached hydrogens (tertiary/aromatic N) is 2. The number of carbonyl (C=O) groups excluding carboxylic acids is 1. The van der Waals surface area contributed by atoms with Gasteiger partial charge < -0.3 is 14.4 Å². The molecule has 1 saturated heterocycles. The predicted octanol–water partition coefficient (Wildman–Crippen LogP) is 3.66. The smallest absolute Gasteiger partial charge is 0.338 e. The van der Waals surface area contributed by atoms with Crippen LogP contribution in [0.1, 0.15) is 15.9 Å².